The number of unbranched alkanes of at least 4 members (excludes halogenated alkanes) is 2. The van der Waals surface area contributed by atoms with Crippen molar-refractivity contribution in [2.24, 2.45) is 53.1 Å². The third kappa shape index (κ3) is 24.4. The van der Waals surface area contributed by atoms with Crippen LogP contribution in [0.3, 0.4) is 0 Å². The van der Waals surface area contributed by atoms with Crippen LogP contribution < -0.4 is 21.7 Å². The smallest absolute Gasteiger partial charge is 0.410 e. The Balaban J connectivity index is 1.40. The molecule has 2 heterocycles. The van der Waals surface area contributed by atoms with E-state index in [0.717, 1.165) is 22.6 Å². The molecule has 13 atom stereocenters. The molecule has 0 saturated carbocycles. The van der Waals surface area contributed by atoms with Crippen LogP contribution >= 0.6 is 0 Å². The van der Waals surface area contributed by atoms with E-state index in [1.165, 1.54) is 38.3 Å². The Morgan fingerprint density at radius 3 is 1.93 bits per heavy atom. The van der Waals surface area contributed by atoms with Gasteiger partial charge in [0.25, 0.3) is 11.8 Å². The number of aliphatic hydroxyl groups excluding tert-OH is 1. The number of likely N-dealkylation sites (tertiary alicyclic amines) is 1. The second-order valence-corrected chi connectivity index (χ2v) is 27.4. The Labute approximate surface area is 571 Å². The number of nitrogens with one attached hydrogen (secondary N) is 3. The number of alkyl halides is 3. The first-order chi connectivity index (χ1) is 45.7. The Hall–Kier alpha value is -7.09. The number of nitrogens with zero attached hydrogens (tertiary/aromatic N) is 4. The van der Waals surface area contributed by atoms with E-state index in [2.05, 4.69) is 16.0 Å². The van der Waals surface area contributed by atoms with E-state index in [1.54, 1.807) is 63.6 Å². The lowest BCUT2D eigenvalue weighted by Gasteiger charge is -2.41. The summed E-state index contributed by atoms with van der Waals surface area (Å²) < 4.78 is 61.2. The number of rotatable bonds is 42. The molecule has 97 heavy (non-hydrogen) atoms. The van der Waals surface area contributed by atoms with Gasteiger partial charge >= 0.3 is 18.3 Å². The number of nitrogens with two attached hydrogens (primary N) is 1. The SMILES string of the molecule is CCC(C)C(C(CC(=O)N1CCCC1C(OC)C(C)C(=O)CC(C)C(O)c1ccccc1)OC)N(C)C(=O)C(CC(=O)C(C(C)C)N(C)C(=O)OCc1ccc(NC(=O)C(CCCNC(N)=O)CC(=O)C(NC(CCCCCN2C(=O)C=CC2=O)C(F)(F)F)C(C)C)cc1)C(C)C. The maximum atomic E-state index is 14.9. The second-order valence-electron chi connectivity index (χ2n) is 27.4. The van der Waals surface area contributed by atoms with Gasteiger partial charge < -0.3 is 50.4 Å². The summed E-state index contributed by atoms with van der Waals surface area (Å²) >= 11 is 0. The topological polar surface area (TPSA) is 294 Å². The number of carbonyl (C=O) groups excluding carboxylic acids is 10. The van der Waals surface area contributed by atoms with Crippen LogP contribution in [0, 0.1) is 47.3 Å². The van der Waals surface area contributed by atoms with Gasteiger partial charge in [0, 0.05) is 103 Å². The summed E-state index contributed by atoms with van der Waals surface area (Å²) in [6.45, 7) is 18.4. The van der Waals surface area contributed by atoms with Gasteiger partial charge in [0.1, 0.15) is 18.4 Å². The summed E-state index contributed by atoms with van der Waals surface area (Å²) in [4.78, 5) is 140. The number of likely N-dealkylation sites (N-methyl/N-ethyl adjacent to an activating group) is 2. The molecule has 0 aliphatic carbocycles. The molecule has 2 aromatic rings. The van der Waals surface area contributed by atoms with E-state index in [9.17, 15) is 66.2 Å². The van der Waals surface area contributed by atoms with Crippen molar-refractivity contribution in [1.82, 2.24) is 30.2 Å². The molecule has 2 aromatic carbocycles. The molecule has 22 nitrogen and oxygen atoms in total. The van der Waals surface area contributed by atoms with Crippen molar-refractivity contribution in [3.63, 3.8) is 0 Å². The number of urea groups is 1. The normalized spacial score (nSPS) is 18.0. The van der Waals surface area contributed by atoms with Crippen LogP contribution in [0.5, 0.6) is 0 Å². The zero-order valence-corrected chi connectivity index (χ0v) is 59.4. The number of halogens is 3. The molecule has 0 bridgehead atoms. The van der Waals surface area contributed by atoms with E-state index in [-0.39, 0.29) is 112 Å². The maximum Gasteiger partial charge on any atom is 0.410 e. The Morgan fingerprint density at radius 2 is 1.37 bits per heavy atom. The highest BCUT2D eigenvalue weighted by Crippen LogP contribution is 2.34. The Kier molecular flexibility index (Phi) is 33.5. The molecule has 8 amide bonds. The second kappa shape index (κ2) is 39.5. The number of hydrogen-bond acceptors (Lipinski definition) is 15. The predicted octanol–water partition coefficient (Wildman–Crippen LogP) is 9.75. The summed E-state index contributed by atoms with van der Waals surface area (Å²) in [6.07, 6.45) is -3.60. The number of imide groups is 1. The quantitative estimate of drug-likeness (QED) is 0.0305. The number of primary amides is 1. The number of hydrogen-bond donors (Lipinski definition) is 5. The molecule has 542 valence electrons. The lowest BCUT2D eigenvalue weighted by molar-refractivity contribution is -0.161. The van der Waals surface area contributed by atoms with Gasteiger partial charge in [-0.3, -0.25) is 48.6 Å². The molecular formula is C72H109F3N8O14. The van der Waals surface area contributed by atoms with Crippen molar-refractivity contribution >= 4 is 64.7 Å². The molecule has 6 N–H and O–H groups in total. The summed E-state index contributed by atoms with van der Waals surface area (Å²) in [5.41, 5.74) is 6.75. The molecule has 4 rings (SSSR count). The summed E-state index contributed by atoms with van der Waals surface area (Å²) in [5, 5.41) is 18.8. The number of aliphatic hydroxyl groups is 1. The maximum absolute atomic E-state index is 14.9. The molecule has 2 aliphatic heterocycles. The fourth-order valence-corrected chi connectivity index (χ4v) is 13.4. The van der Waals surface area contributed by atoms with Crippen molar-refractivity contribution in [2.45, 2.75) is 214 Å². The summed E-state index contributed by atoms with van der Waals surface area (Å²) in [6, 6.07) is 9.28. The molecule has 25 heteroatoms. The highest BCUT2D eigenvalue weighted by atomic mass is 19.4. The summed E-state index contributed by atoms with van der Waals surface area (Å²) in [7, 11) is 6.16. The lowest BCUT2D eigenvalue weighted by Crippen LogP contribution is -2.54. The van der Waals surface area contributed by atoms with Crippen LogP contribution in [0.2, 0.25) is 0 Å². The third-order valence-corrected chi connectivity index (χ3v) is 19.3. The number of anilines is 1. The highest BCUT2D eigenvalue weighted by molar-refractivity contribution is 6.12. The fourth-order valence-electron chi connectivity index (χ4n) is 13.4. The molecular weight excluding hydrogens is 1260 g/mol. The average Bonchev–Trinajstić information content (AvgIpc) is 1.80. The van der Waals surface area contributed by atoms with E-state index >= 15 is 0 Å². The van der Waals surface area contributed by atoms with Crippen molar-refractivity contribution in [3.8, 4) is 0 Å². The first-order valence-corrected chi connectivity index (χ1v) is 34.3. The highest BCUT2D eigenvalue weighted by Gasteiger charge is 2.45. The van der Waals surface area contributed by atoms with Gasteiger partial charge in [-0.25, -0.2) is 9.59 Å². The standard InChI is InChI=1S/C72H109F3N8O14/c1-15-46(8)65(58(95-13)41-62(89)82-37-23-27-54(82)67(96-14)48(10)55(84)38-47(9)66(90)50-24-18-16-19-25-50)80(11)69(92)53(43(2)3)40-57(86)64(45(6)7)81(12)71(94)97-42-49-29-31-52(32-30-49)78-68(91)51(26-22-35-77-70(76)93)39-56(85)63(44(4)5)79-59(72(73,74)75)28-20-17-21-36-83-60(87)33-34-61(83)88/h16,18-19,24-25,29-34,43-48,51,53-54,58-59,63-67,79,90H,15,17,20-23,26-28,35-42H2,1-14H3,(H,78,91)(H3,76,77,93). The van der Waals surface area contributed by atoms with Crippen LogP contribution in [0.1, 0.15) is 170 Å². The number of amides is 8. The van der Waals surface area contributed by atoms with Crippen molar-refractivity contribution in [2.75, 3.05) is 53.3 Å². The first-order valence-electron chi connectivity index (χ1n) is 34.3. The van der Waals surface area contributed by atoms with Gasteiger partial charge in [0.15, 0.2) is 11.6 Å². The van der Waals surface area contributed by atoms with Crippen molar-refractivity contribution < 1.29 is 80.4 Å². The number of carbonyl (C=O) groups is 10. The number of ketones is 3. The van der Waals surface area contributed by atoms with E-state index in [4.69, 9.17) is 19.9 Å². The van der Waals surface area contributed by atoms with E-state index < -0.39 is 126 Å². The van der Waals surface area contributed by atoms with Crippen LogP contribution in [0.15, 0.2) is 66.7 Å². The monoisotopic (exact) mass is 1370 g/mol. The molecule has 0 aromatic heterocycles. The van der Waals surface area contributed by atoms with Gasteiger partial charge in [-0.05, 0) is 91.4 Å². The average molecular weight is 1370 g/mol. The zero-order valence-electron chi connectivity index (χ0n) is 59.4. The summed E-state index contributed by atoms with van der Waals surface area (Å²) in [5.74, 6) is -7.50. The molecule has 1 saturated heterocycles. The number of Topliss-reactive ketones (excluding diaryl/α,β-unsaturated/α-hetero) is 3. The van der Waals surface area contributed by atoms with Gasteiger partial charge in [-0.2, -0.15) is 13.2 Å². The fraction of sp³-hybridized carbons (Fsp3) is 0.667. The third-order valence-electron chi connectivity index (χ3n) is 19.3. The van der Waals surface area contributed by atoms with Crippen LogP contribution in [0.4, 0.5) is 28.4 Å². The molecule has 0 radical (unpaired) electrons. The van der Waals surface area contributed by atoms with Crippen LogP contribution in [-0.4, -0.2) is 180 Å². The Morgan fingerprint density at radius 1 is 0.732 bits per heavy atom. The number of methoxy groups -OCH3 is 2. The number of benzene rings is 2. The van der Waals surface area contributed by atoms with Gasteiger partial charge in [0.2, 0.25) is 17.7 Å². The van der Waals surface area contributed by atoms with Crippen LogP contribution in [-0.2, 0) is 59.2 Å². The molecule has 2 aliphatic rings. The lowest BCUT2D eigenvalue weighted by atomic mass is 9.83. The van der Waals surface area contributed by atoms with Gasteiger partial charge in [-0.1, -0.05) is 131 Å². The predicted molar refractivity (Wildman–Crippen MR) is 362 cm³/mol. The van der Waals surface area contributed by atoms with Gasteiger partial charge in [0.05, 0.1) is 48.9 Å². The molecule has 13 unspecified atom stereocenters. The zero-order chi connectivity index (χ0) is 72.6. The van der Waals surface area contributed by atoms with Crippen molar-refractivity contribution in [3.05, 3.63) is 77.9 Å². The number of ether oxygens (including phenoxy) is 3. The van der Waals surface area contributed by atoms with E-state index in [0.29, 0.717) is 43.5 Å². The van der Waals surface area contributed by atoms with E-state index in [1.807, 2.05) is 65.0 Å². The van der Waals surface area contributed by atoms with Gasteiger partial charge in [-0.15, -0.1) is 0 Å². The minimum Gasteiger partial charge on any atom is -0.445 e. The largest absolute Gasteiger partial charge is 0.445 e. The van der Waals surface area contributed by atoms with Crippen LogP contribution in [0.25, 0.3) is 0 Å². The molecule has 1 fully saturated rings. The molecule has 0 spiro atoms. The Bertz CT molecular complexity index is 2930. The minimum atomic E-state index is -4.73. The van der Waals surface area contributed by atoms with Crippen molar-refractivity contribution in [1.29, 1.82) is 0 Å². The minimum absolute atomic E-state index is 0.0568. The first kappa shape index (κ1) is 82.3.